The lowest BCUT2D eigenvalue weighted by Gasteiger charge is -2.29. The molecule has 0 spiro atoms. The Balaban J connectivity index is 1.80. The van der Waals surface area contributed by atoms with Gasteiger partial charge in [0, 0.05) is 5.56 Å². The second-order valence-corrected chi connectivity index (χ2v) is 5.98. The molecule has 1 aliphatic carbocycles. The number of rotatable bonds is 5. The van der Waals surface area contributed by atoms with Crippen molar-refractivity contribution >= 4 is 0 Å². The largest absolute Gasteiger partial charge is 0.115 e. The number of benzene rings is 1. The molecule has 1 fully saturated rings. The van der Waals surface area contributed by atoms with Crippen LogP contribution in [0, 0.1) is 18.3 Å². The van der Waals surface area contributed by atoms with E-state index in [9.17, 15) is 0 Å². The van der Waals surface area contributed by atoms with Crippen LogP contribution in [0.5, 0.6) is 0 Å². The highest BCUT2D eigenvalue weighted by Crippen LogP contribution is 2.37. The lowest BCUT2D eigenvalue weighted by molar-refractivity contribution is 0.303. The fourth-order valence-corrected chi connectivity index (χ4v) is 3.32. The molecule has 0 aliphatic heterocycles. The summed E-state index contributed by atoms with van der Waals surface area (Å²) in [5, 5.41) is 0. The molecule has 1 aromatic carbocycles. The van der Waals surface area contributed by atoms with Crippen molar-refractivity contribution in [2.75, 3.05) is 0 Å². The Morgan fingerprint density at radius 1 is 1.05 bits per heavy atom. The van der Waals surface area contributed by atoms with Crippen molar-refractivity contribution in [3.63, 3.8) is 0 Å². The molecule has 1 aliphatic rings. The molecule has 0 unspecified atom stereocenters. The average molecular weight is 254 g/mol. The summed E-state index contributed by atoms with van der Waals surface area (Å²) in [7, 11) is 0. The molecule has 0 saturated heterocycles. The molecule has 0 heteroatoms. The van der Waals surface area contributed by atoms with Crippen molar-refractivity contribution in [3.05, 3.63) is 35.4 Å². The Morgan fingerprint density at radius 3 is 2.32 bits per heavy atom. The van der Waals surface area contributed by atoms with E-state index in [1.54, 1.807) is 0 Å². The molecular formula is C19H26. The standard InChI is InChI=1S/C19H26/c1-3-5-6-7-17-10-14-19(15-11-17)18-12-8-16(4-2)9-13-18/h2,8-9,12-13,17,19H,3,5-7,10-11,14-15H2,1H3/t17-,19-. The smallest absolute Gasteiger partial charge is 0.0242 e. The van der Waals surface area contributed by atoms with E-state index in [4.69, 9.17) is 6.42 Å². The molecule has 0 radical (unpaired) electrons. The van der Waals surface area contributed by atoms with Gasteiger partial charge in [-0.3, -0.25) is 0 Å². The quantitative estimate of drug-likeness (QED) is 0.479. The summed E-state index contributed by atoms with van der Waals surface area (Å²) in [6.45, 7) is 2.29. The minimum absolute atomic E-state index is 0.772. The van der Waals surface area contributed by atoms with Crippen LogP contribution < -0.4 is 0 Å². The van der Waals surface area contributed by atoms with Crippen LogP contribution in [0.3, 0.4) is 0 Å². The van der Waals surface area contributed by atoms with E-state index in [0.29, 0.717) is 0 Å². The maximum Gasteiger partial charge on any atom is 0.0242 e. The summed E-state index contributed by atoms with van der Waals surface area (Å²) in [5.41, 5.74) is 2.49. The van der Waals surface area contributed by atoms with Gasteiger partial charge in [0.05, 0.1) is 0 Å². The van der Waals surface area contributed by atoms with Gasteiger partial charge in [-0.25, -0.2) is 0 Å². The van der Waals surface area contributed by atoms with Gasteiger partial charge < -0.3 is 0 Å². The molecule has 102 valence electrons. The zero-order valence-corrected chi connectivity index (χ0v) is 12.2. The normalized spacial score (nSPS) is 22.9. The number of hydrogen-bond donors (Lipinski definition) is 0. The van der Waals surface area contributed by atoms with E-state index in [2.05, 4.69) is 37.1 Å². The van der Waals surface area contributed by atoms with Crippen LogP contribution in [-0.4, -0.2) is 0 Å². The van der Waals surface area contributed by atoms with E-state index in [-0.39, 0.29) is 0 Å². The highest BCUT2D eigenvalue weighted by molar-refractivity contribution is 5.35. The van der Waals surface area contributed by atoms with Crippen molar-refractivity contribution in [2.24, 2.45) is 5.92 Å². The van der Waals surface area contributed by atoms with Gasteiger partial charge in [-0.2, -0.15) is 0 Å². The minimum atomic E-state index is 0.772. The van der Waals surface area contributed by atoms with Crippen LogP contribution in [0.15, 0.2) is 24.3 Å². The third kappa shape index (κ3) is 4.13. The molecule has 19 heavy (non-hydrogen) atoms. The Hall–Kier alpha value is -1.22. The average Bonchev–Trinajstić information content (AvgIpc) is 2.48. The van der Waals surface area contributed by atoms with Crippen LogP contribution in [0.1, 0.15) is 75.3 Å². The molecule has 0 atom stereocenters. The zero-order valence-electron chi connectivity index (χ0n) is 12.2. The molecule has 0 amide bonds. The van der Waals surface area contributed by atoms with E-state index in [1.165, 1.54) is 56.9 Å². The fraction of sp³-hybridized carbons (Fsp3) is 0.579. The first-order valence-electron chi connectivity index (χ1n) is 7.90. The Bertz CT molecular complexity index is 399. The van der Waals surface area contributed by atoms with Gasteiger partial charge in [0.15, 0.2) is 0 Å². The van der Waals surface area contributed by atoms with E-state index >= 15 is 0 Å². The second-order valence-electron chi connectivity index (χ2n) is 5.98. The van der Waals surface area contributed by atoms with Gasteiger partial charge in [-0.15, -0.1) is 6.42 Å². The summed E-state index contributed by atoms with van der Waals surface area (Å²) >= 11 is 0. The first-order valence-corrected chi connectivity index (χ1v) is 7.90. The first kappa shape index (κ1) is 14.2. The Morgan fingerprint density at radius 2 is 1.74 bits per heavy atom. The summed E-state index contributed by atoms with van der Waals surface area (Å²) in [4.78, 5) is 0. The van der Waals surface area contributed by atoms with Crippen molar-refractivity contribution in [2.45, 2.75) is 64.2 Å². The second kappa shape index (κ2) is 7.39. The van der Waals surface area contributed by atoms with Gasteiger partial charge in [0.2, 0.25) is 0 Å². The lowest BCUT2D eigenvalue weighted by atomic mass is 9.77. The fourth-order valence-electron chi connectivity index (χ4n) is 3.32. The van der Waals surface area contributed by atoms with Crippen LogP contribution in [0.4, 0.5) is 0 Å². The lowest BCUT2D eigenvalue weighted by Crippen LogP contribution is -2.13. The monoisotopic (exact) mass is 254 g/mol. The highest BCUT2D eigenvalue weighted by Gasteiger charge is 2.21. The van der Waals surface area contributed by atoms with Crippen LogP contribution in [0.2, 0.25) is 0 Å². The topological polar surface area (TPSA) is 0 Å². The van der Waals surface area contributed by atoms with Gasteiger partial charge in [0.25, 0.3) is 0 Å². The van der Waals surface area contributed by atoms with Gasteiger partial charge in [-0.1, -0.05) is 50.7 Å². The molecule has 0 nitrogen and oxygen atoms in total. The van der Waals surface area contributed by atoms with Gasteiger partial charge in [0.1, 0.15) is 0 Å². The van der Waals surface area contributed by atoms with E-state index < -0.39 is 0 Å². The van der Waals surface area contributed by atoms with Crippen molar-refractivity contribution in [3.8, 4) is 12.3 Å². The first-order chi connectivity index (χ1) is 9.33. The SMILES string of the molecule is C#Cc1ccc([C@H]2CC[C@H](CCCCC)CC2)cc1. The summed E-state index contributed by atoms with van der Waals surface area (Å²) in [5.74, 6) is 4.46. The molecule has 0 heterocycles. The summed E-state index contributed by atoms with van der Waals surface area (Å²) in [6.07, 6.45) is 16.6. The van der Waals surface area contributed by atoms with Crippen LogP contribution in [-0.2, 0) is 0 Å². The molecule has 1 aromatic rings. The van der Waals surface area contributed by atoms with Crippen LogP contribution in [0.25, 0.3) is 0 Å². The predicted octanol–water partition coefficient (Wildman–Crippen LogP) is 5.52. The molecule has 0 bridgehead atoms. The van der Waals surface area contributed by atoms with Crippen molar-refractivity contribution < 1.29 is 0 Å². The van der Waals surface area contributed by atoms with Crippen molar-refractivity contribution in [1.82, 2.24) is 0 Å². The minimum Gasteiger partial charge on any atom is -0.115 e. The molecule has 2 rings (SSSR count). The number of unbranched alkanes of at least 4 members (excludes halogenated alkanes) is 2. The number of hydrogen-bond acceptors (Lipinski definition) is 0. The van der Waals surface area contributed by atoms with Gasteiger partial charge >= 0.3 is 0 Å². The Kier molecular flexibility index (Phi) is 5.52. The summed E-state index contributed by atoms with van der Waals surface area (Å²) in [6, 6.07) is 8.64. The zero-order chi connectivity index (χ0) is 13.5. The predicted molar refractivity (Wildman–Crippen MR) is 83.2 cm³/mol. The molecule has 0 N–H and O–H groups in total. The third-order valence-corrected chi connectivity index (χ3v) is 4.61. The number of terminal acetylenes is 1. The van der Waals surface area contributed by atoms with Crippen LogP contribution >= 0.6 is 0 Å². The maximum absolute atomic E-state index is 5.40. The molecular weight excluding hydrogens is 228 g/mol. The highest BCUT2D eigenvalue weighted by atomic mass is 14.3. The maximum atomic E-state index is 5.40. The molecule has 0 aromatic heterocycles. The van der Waals surface area contributed by atoms with Crippen molar-refractivity contribution in [1.29, 1.82) is 0 Å². The van der Waals surface area contributed by atoms with Gasteiger partial charge in [-0.05, 0) is 55.2 Å². The van der Waals surface area contributed by atoms with E-state index in [0.717, 1.165) is 17.4 Å². The Labute approximate surface area is 118 Å². The van der Waals surface area contributed by atoms with E-state index in [1.807, 2.05) is 0 Å². The molecule has 1 saturated carbocycles. The third-order valence-electron chi connectivity index (χ3n) is 4.61. The summed E-state index contributed by atoms with van der Waals surface area (Å²) < 4.78 is 0.